The van der Waals surface area contributed by atoms with Gasteiger partial charge in [0.1, 0.15) is 15.5 Å². The zero-order valence-corrected chi connectivity index (χ0v) is 79.7. The molecule has 0 aromatic rings. The van der Waals surface area contributed by atoms with Gasteiger partial charge in [0.25, 0.3) is 0 Å². The standard InChI is InChI=1S/C22H40O4S2.C20H38O3.2C19H35BrO3.C3H6OS2.Na/c1-9-17-13(5)12(4)15(7)20(24-17)26-19-14(6)16(8)21(25-18(19)10-2)28-22(27)23-11-3;1-9-17-13(5)11(3)15(7)20(22-17)23-19-14(6)12(4)16(8)21-18(19)10-2;2*1-8-15-11(4)10(3)14(7)19(22-15)23-17-12(5)13(6)18(20)21-16(17)9-2;1-2-4-3(5)6;/h12-21H,9-11H2,1-8H3;11-20H,9-10H2,1-8H3;2*10-19H,8-9H2,1-7H3;2H2,1H3,(H,5,6);/q;;;;;+1/p-1. The Labute approximate surface area is 696 Å². The minimum Gasteiger partial charge on any atom is -0.514 e. The van der Waals surface area contributed by atoms with Crippen LogP contribution in [-0.4, -0.2) is 142 Å². The van der Waals surface area contributed by atoms with Gasteiger partial charge in [-0.15, -0.1) is 0 Å². The Kier molecular flexibility index (Phi) is 46.5. The van der Waals surface area contributed by atoms with Crippen LogP contribution in [0.5, 0.6) is 0 Å². The Morgan fingerprint density at radius 1 is 0.298 bits per heavy atom. The third kappa shape index (κ3) is 26.4. The summed E-state index contributed by atoms with van der Waals surface area (Å²) in [6.07, 6.45) is 9.86. The number of alkyl halides is 2. The van der Waals surface area contributed by atoms with Crippen LogP contribution in [0.4, 0.5) is 0 Å². The zero-order valence-electron chi connectivity index (χ0n) is 71.3. The molecular formula is C83H153Br2NaO14S4. The average Bonchev–Trinajstić information content (AvgIpc) is 0.801. The second kappa shape index (κ2) is 48.4. The van der Waals surface area contributed by atoms with Crippen LogP contribution in [-0.2, 0) is 78.9 Å². The molecule has 0 aromatic carbocycles. The first-order valence-electron chi connectivity index (χ1n) is 41.3. The molecule has 0 radical (unpaired) electrons. The number of thioether (sulfide) groups is 1. The van der Waals surface area contributed by atoms with Gasteiger partial charge >= 0.3 is 29.6 Å². The van der Waals surface area contributed by atoms with Crippen molar-refractivity contribution in [2.24, 2.45) is 118 Å². The van der Waals surface area contributed by atoms with Gasteiger partial charge in [0.05, 0.1) is 92.6 Å². The first-order chi connectivity index (χ1) is 48.4. The molecule has 104 heavy (non-hydrogen) atoms. The molecule has 8 aliphatic heterocycles. The molecule has 0 aromatic heterocycles. The van der Waals surface area contributed by atoms with E-state index in [9.17, 15) is 0 Å². The number of hydrogen-bond donors (Lipinski definition) is 0. The summed E-state index contributed by atoms with van der Waals surface area (Å²) in [4.78, 5) is 0. The topological polar surface area (TPSA) is 129 Å². The van der Waals surface area contributed by atoms with E-state index in [2.05, 4.69) is 262 Å². The number of thiocarbonyl (C=S) groups is 2. The summed E-state index contributed by atoms with van der Waals surface area (Å²) in [6.45, 7) is 70.5. The Hall–Kier alpha value is 1.83. The molecule has 0 bridgehead atoms. The van der Waals surface area contributed by atoms with Crippen molar-refractivity contribution in [1.29, 1.82) is 0 Å². The molecule has 8 heterocycles. The Balaban J connectivity index is 0.000000350. The largest absolute Gasteiger partial charge is 1.00 e. The van der Waals surface area contributed by atoms with Crippen LogP contribution in [0.2, 0.25) is 0 Å². The van der Waals surface area contributed by atoms with Crippen molar-refractivity contribution in [2.45, 2.75) is 386 Å². The molecule has 8 fully saturated rings. The van der Waals surface area contributed by atoms with E-state index in [0.29, 0.717) is 160 Å². The Morgan fingerprint density at radius 2 is 0.548 bits per heavy atom. The molecule has 8 aliphatic rings. The van der Waals surface area contributed by atoms with E-state index >= 15 is 0 Å². The number of halogens is 2. The predicted molar refractivity (Wildman–Crippen MR) is 441 cm³/mol. The molecule has 0 amide bonds. The third-order valence-corrected chi connectivity index (χ3v) is 31.0. The molecular weight excluding hydrogens is 1530 g/mol. The van der Waals surface area contributed by atoms with Crippen molar-refractivity contribution in [3.63, 3.8) is 0 Å². The van der Waals surface area contributed by atoms with E-state index < -0.39 is 0 Å². The summed E-state index contributed by atoms with van der Waals surface area (Å²) in [6, 6.07) is 0. The van der Waals surface area contributed by atoms with E-state index in [-0.39, 0.29) is 129 Å². The van der Waals surface area contributed by atoms with Gasteiger partial charge in [-0.2, -0.15) is 0 Å². The molecule has 14 nitrogen and oxygen atoms in total. The average molecular weight is 1690 g/mol. The molecule has 608 valence electrons. The maximum atomic E-state index is 6.66. The first kappa shape index (κ1) is 100. The molecule has 0 spiro atoms. The fourth-order valence-electron chi connectivity index (χ4n) is 17.0. The van der Waals surface area contributed by atoms with E-state index in [1.807, 2.05) is 13.8 Å². The molecule has 21 heteroatoms. The molecule has 0 aliphatic carbocycles. The van der Waals surface area contributed by atoms with Gasteiger partial charge in [-0.05, 0) is 191 Å². The van der Waals surface area contributed by atoms with Gasteiger partial charge in [-0.25, -0.2) is 0 Å². The van der Waals surface area contributed by atoms with Crippen LogP contribution < -0.4 is 29.6 Å². The maximum Gasteiger partial charge on any atom is 1.00 e. The monoisotopic (exact) mass is 1680 g/mol. The zero-order chi connectivity index (χ0) is 77.9. The minimum atomic E-state index is -0.165. The van der Waals surface area contributed by atoms with Crippen molar-refractivity contribution in [3.05, 3.63) is 0 Å². The molecule has 8 rings (SSSR count). The Morgan fingerprint density at radius 3 is 0.798 bits per heavy atom. The van der Waals surface area contributed by atoms with Gasteiger partial charge in [-0.3, -0.25) is 0 Å². The summed E-state index contributed by atoms with van der Waals surface area (Å²) in [5, 5.41) is 0.240. The minimum absolute atomic E-state index is 0. The van der Waals surface area contributed by atoms with Crippen molar-refractivity contribution < 1.29 is 95.9 Å². The van der Waals surface area contributed by atoms with Gasteiger partial charge in [0.2, 0.25) is 4.38 Å². The fourth-order valence-corrected chi connectivity index (χ4v) is 20.2. The van der Waals surface area contributed by atoms with E-state index in [4.69, 9.17) is 73.8 Å². The second-order valence-corrected chi connectivity index (χ2v) is 37.5. The van der Waals surface area contributed by atoms with Crippen molar-refractivity contribution in [3.8, 4) is 0 Å². The normalized spacial score (nSPS) is 46.6. The maximum absolute atomic E-state index is 6.66. The summed E-state index contributed by atoms with van der Waals surface area (Å²) in [7, 11) is 0. The SMILES string of the molecule is CCC1OC(OC2C(CC)OC(Br)C(C)C2C)C(C)C(C)C1C.CCC1OC(OC2C(CC)OC(Br)C(C)C2C)C(C)C(C)C1C.CCC1OC(OC2C(CC)OC(C)C(C)C2C)C(C)C(C)C1C.CCOC(=S)SC1OC(CC)C(OC2OC(CC)C(C)C(C)C2C)C(C)C1C.CCOC(=S)[S-].[Na+]. The van der Waals surface area contributed by atoms with Crippen LogP contribution in [0.1, 0.15) is 266 Å². The molecule has 0 N–H and O–H groups in total. The van der Waals surface area contributed by atoms with Crippen LogP contribution >= 0.6 is 68.1 Å². The van der Waals surface area contributed by atoms with E-state index in [1.54, 1.807) is 0 Å². The summed E-state index contributed by atoms with van der Waals surface area (Å²) in [5.41, 5.74) is 0.00545. The van der Waals surface area contributed by atoms with Gasteiger partial charge < -0.3 is 91.2 Å². The quantitative estimate of drug-likeness (QED) is 0.0526. The predicted octanol–water partition coefficient (Wildman–Crippen LogP) is 19.1. The Bertz CT molecular complexity index is 2200. The van der Waals surface area contributed by atoms with Crippen molar-refractivity contribution in [1.82, 2.24) is 0 Å². The van der Waals surface area contributed by atoms with Crippen LogP contribution in [0.3, 0.4) is 0 Å². The summed E-state index contributed by atoms with van der Waals surface area (Å²) < 4.78 is 87.6. The van der Waals surface area contributed by atoms with Gasteiger partial charge in [0.15, 0.2) is 25.2 Å². The molecule has 8 saturated heterocycles. The van der Waals surface area contributed by atoms with Crippen LogP contribution in [0.25, 0.3) is 0 Å². The van der Waals surface area contributed by atoms with E-state index in [0.717, 1.165) is 51.4 Å². The molecule has 0 saturated carbocycles. The van der Waals surface area contributed by atoms with Crippen molar-refractivity contribution in [2.75, 3.05) is 13.2 Å². The van der Waals surface area contributed by atoms with E-state index in [1.165, 1.54) is 11.8 Å². The summed E-state index contributed by atoms with van der Waals surface area (Å²) in [5.74, 6) is 9.79. The third-order valence-electron chi connectivity index (χ3n) is 27.2. The molecule has 40 atom stereocenters. The van der Waals surface area contributed by atoms with Crippen LogP contribution in [0.15, 0.2) is 0 Å². The second-order valence-electron chi connectivity index (χ2n) is 33.0. The number of ether oxygens (including phenoxy) is 14. The van der Waals surface area contributed by atoms with Crippen LogP contribution in [0, 0.1) is 118 Å². The number of rotatable bonds is 19. The molecule has 40 unspecified atom stereocenters. The first-order valence-corrected chi connectivity index (χ1v) is 45.2. The van der Waals surface area contributed by atoms with Crippen molar-refractivity contribution >= 4 is 89.5 Å². The van der Waals surface area contributed by atoms with Gasteiger partial charge in [0, 0.05) is 28.1 Å². The fraction of sp³-hybridized carbons (Fsp3) is 0.976. The summed E-state index contributed by atoms with van der Waals surface area (Å²) >= 11 is 23.0. The van der Waals surface area contributed by atoms with Gasteiger partial charge in [-0.1, -0.05) is 226 Å². The smallest absolute Gasteiger partial charge is 0.514 e. The number of hydrogen-bond acceptors (Lipinski definition) is 18.